The van der Waals surface area contributed by atoms with E-state index in [1.54, 1.807) is 12.4 Å². The van der Waals surface area contributed by atoms with Crippen molar-refractivity contribution >= 4 is 5.82 Å². The van der Waals surface area contributed by atoms with Gasteiger partial charge in [0.2, 0.25) is 0 Å². The van der Waals surface area contributed by atoms with Crippen LogP contribution in [0.4, 0.5) is 5.82 Å². The molecule has 8 heteroatoms. The van der Waals surface area contributed by atoms with Crippen LogP contribution >= 0.6 is 0 Å². The second-order valence-electron chi connectivity index (χ2n) is 6.61. The second-order valence-corrected chi connectivity index (χ2v) is 6.61. The minimum atomic E-state index is -0.256. The lowest BCUT2D eigenvalue weighted by Crippen LogP contribution is -2.14. The van der Waals surface area contributed by atoms with E-state index in [1.165, 1.54) is 6.07 Å². The van der Waals surface area contributed by atoms with Gasteiger partial charge in [0.05, 0.1) is 30.5 Å². The molecule has 0 aliphatic carbocycles. The molecular weight excluding hydrogens is 366 g/mol. The molecule has 0 bridgehead atoms. The standard InChI is InChI=1S/C21H21N7O/c1-2-9-28-13-16(12-24-28)21-20(15-6-4-3-5-7-15)23-14-27(21)10-8-18-25-17(22)11-19(29)26-18/h2-7,11-14H,1,8-10H2,(H3,22,25,26,29). The first-order valence-electron chi connectivity index (χ1n) is 9.24. The van der Waals surface area contributed by atoms with Crippen LogP contribution in [0.15, 0.2) is 72.6 Å². The number of anilines is 1. The summed E-state index contributed by atoms with van der Waals surface area (Å²) in [6, 6.07) is 11.3. The van der Waals surface area contributed by atoms with E-state index in [0.29, 0.717) is 25.3 Å². The third-order valence-corrected chi connectivity index (χ3v) is 4.51. The predicted octanol–water partition coefficient (Wildman–Crippen LogP) is 2.51. The molecule has 0 saturated heterocycles. The zero-order valence-corrected chi connectivity index (χ0v) is 15.8. The Labute approximate surface area is 167 Å². The van der Waals surface area contributed by atoms with E-state index >= 15 is 0 Å². The molecule has 4 rings (SSSR count). The van der Waals surface area contributed by atoms with E-state index in [-0.39, 0.29) is 11.4 Å². The normalized spacial score (nSPS) is 10.9. The van der Waals surface area contributed by atoms with Gasteiger partial charge in [-0.05, 0) is 0 Å². The maximum absolute atomic E-state index is 11.7. The lowest BCUT2D eigenvalue weighted by molar-refractivity contribution is 0.674. The minimum Gasteiger partial charge on any atom is -0.383 e. The minimum absolute atomic E-state index is 0.213. The highest BCUT2D eigenvalue weighted by Crippen LogP contribution is 2.31. The Bertz CT molecular complexity index is 1190. The fourth-order valence-electron chi connectivity index (χ4n) is 3.25. The van der Waals surface area contributed by atoms with Gasteiger partial charge >= 0.3 is 0 Å². The molecule has 146 valence electrons. The summed E-state index contributed by atoms with van der Waals surface area (Å²) in [6.07, 6.45) is 7.91. The highest BCUT2D eigenvalue weighted by atomic mass is 16.1. The number of aryl methyl sites for hydroxylation is 2. The van der Waals surface area contributed by atoms with E-state index in [9.17, 15) is 4.79 Å². The van der Waals surface area contributed by atoms with Crippen LogP contribution in [-0.4, -0.2) is 29.3 Å². The Morgan fingerprint density at radius 3 is 2.79 bits per heavy atom. The van der Waals surface area contributed by atoms with Crippen molar-refractivity contribution in [1.29, 1.82) is 0 Å². The molecule has 0 aliphatic rings. The van der Waals surface area contributed by atoms with Crippen molar-refractivity contribution in [2.45, 2.75) is 19.5 Å². The van der Waals surface area contributed by atoms with Crippen molar-refractivity contribution in [3.63, 3.8) is 0 Å². The summed E-state index contributed by atoms with van der Waals surface area (Å²) in [5.41, 5.74) is 9.24. The molecule has 0 fully saturated rings. The highest BCUT2D eigenvalue weighted by molar-refractivity contribution is 5.78. The number of H-pyrrole nitrogens is 1. The van der Waals surface area contributed by atoms with Crippen molar-refractivity contribution in [2.75, 3.05) is 5.73 Å². The summed E-state index contributed by atoms with van der Waals surface area (Å²) in [6.45, 7) is 4.97. The number of aromatic nitrogens is 6. The quantitative estimate of drug-likeness (QED) is 0.474. The Morgan fingerprint density at radius 2 is 2.03 bits per heavy atom. The highest BCUT2D eigenvalue weighted by Gasteiger charge is 2.17. The summed E-state index contributed by atoms with van der Waals surface area (Å²) < 4.78 is 3.87. The number of benzene rings is 1. The van der Waals surface area contributed by atoms with Gasteiger partial charge in [-0.25, -0.2) is 9.97 Å². The SMILES string of the molecule is C=CCn1cc(-c2c(-c3ccccc3)ncn2CCc2nc(N)cc(=O)[nH]2)cn1. The average Bonchev–Trinajstić information content (AvgIpc) is 3.33. The molecule has 3 heterocycles. The number of hydrogen-bond donors (Lipinski definition) is 2. The van der Waals surface area contributed by atoms with Gasteiger partial charge in [-0.15, -0.1) is 6.58 Å². The van der Waals surface area contributed by atoms with Crippen LogP contribution in [0.3, 0.4) is 0 Å². The van der Waals surface area contributed by atoms with E-state index in [2.05, 4.69) is 26.6 Å². The molecule has 3 aromatic heterocycles. The number of rotatable bonds is 7. The van der Waals surface area contributed by atoms with Gasteiger partial charge in [0, 0.05) is 36.4 Å². The molecule has 8 nitrogen and oxygen atoms in total. The Hall–Kier alpha value is -3.94. The van der Waals surface area contributed by atoms with Gasteiger partial charge in [0.15, 0.2) is 0 Å². The zero-order chi connectivity index (χ0) is 20.2. The molecule has 1 aromatic carbocycles. The van der Waals surface area contributed by atoms with Crippen molar-refractivity contribution in [2.24, 2.45) is 0 Å². The van der Waals surface area contributed by atoms with Crippen LogP contribution in [0.25, 0.3) is 22.5 Å². The number of aromatic amines is 1. The number of nitrogens with zero attached hydrogens (tertiary/aromatic N) is 5. The monoisotopic (exact) mass is 387 g/mol. The van der Waals surface area contributed by atoms with Crippen molar-refractivity contribution in [3.05, 3.63) is 84.0 Å². The van der Waals surface area contributed by atoms with Crippen LogP contribution in [0.1, 0.15) is 5.82 Å². The third kappa shape index (κ3) is 4.01. The summed E-state index contributed by atoms with van der Waals surface area (Å²) in [4.78, 5) is 23.2. The zero-order valence-electron chi connectivity index (χ0n) is 15.8. The van der Waals surface area contributed by atoms with E-state index in [1.807, 2.05) is 52.0 Å². The summed E-state index contributed by atoms with van der Waals surface area (Å²) >= 11 is 0. The average molecular weight is 387 g/mol. The molecular formula is C21H21N7O. The first-order valence-corrected chi connectivity index (χ1v) is 9.24. The number of hydrogen-bond acceptors (Lipinski definition) is 5. The van der Waals surface area contributed by atoms with Gasteiger partial charge < -0.3 is 15.3 Å². The van der Waals surface area contributed by atoms with Crippen LogP contribution < -0.4 is 11.3 Å². The molecule has 0 atom stereocenters. The van der Waals surface area contributed by atoms with Crippen LogP contribution in [0.2, 0.25) is 0 Å². The molecule has 0 unspecified atom stereocenters. The van der Waals surface area contributed by atoms with Gasteiger partial charge in [-0.3, -0.25) is 9.48 Å². The summed E-state index contributed by atoms with van der Waals surface area (Å²) in [5, 5.41) is 4.41. The Kier molecular flexibility index (Phi) is 5.07. The third-order valence-electron chi connectivity index (χ3n) is 4.51. The predicted molar refractivity (Wildman–Crippen MR) is 112 cm³/mol. The second kappa shape index (κ2) is 7.97. The van der Waals surface area contributed by atoms with Gasteiger partial charge in [-0.1, -0.05) is 36.4 Å². The fraction of sp³-hybridized carbons (Fsp3) is 0.143. The largest absolute Gasteiger partial charge is 0.383 e. The van der Waals surface area contributed by atoms with Crippen LogP contribution in [0.5, 0.6) is 0 Å². The molecule has 0 amide bonds. The molecule has 0 saturated carbocycles. The summed E-state index contributed by atoms with van der Waals surface area (Å²) in [7, 11) is 0. The lowest BCUT2D eigenvalue weighted by atomic mass is 10.1. The fourth-order valence-corrected chi connectivity index (χ4v) is 3.25. The van der Waals surface area contributed by atoms with Crippen LogP contribution in [-0.2, 0) is 19.5 Å². The van der Waals surface area contributed by atoms with E-state index < -0.39 is 0 Å². The Balaban J connectivity index is 1.72. The molecule has 29 heavy (non-hydrogen) atoms. The Morgan fingerprint density at radius 1 is 1.21 bits per heavy atom. The number of imidazole rings is 1. The van der Waals surface area contributed by atoms with E-state index in [4.69, 9.17) is 5.73 Å². The van der Waals surface area contributed by atoms with Crippen molar-refractivity contribution in [3.8, 4) is 22.5 Å². The number of nitrogen functional groups attached to an aromatic ring is 1. The number of allylic oxidation sites excluding steroid dienone is 1. The maximum Gasteiger partial charge on any atom is 0.252 e. The lowest BCUT2D eigenvalue weighted by Gasteiger charge is -2.09. The first-order chi connectivity index (χ1) is 14.1. The van der Waals surface area contributed by atoms with Crippen LogP contribution in [0, 0.1) is 0 Å². The van der Waals surface area contributed by atoms with E-state index in [0.717, 1.165) is 22.5 Å². The smallest absolute Gasteiger partial charge is 0.252 e. The molecule has 0 aliphatic heterocycles. The molecule has 0 spiro atoms. The summed E-state index contributed by atoms with van der Waals surface area (Å²) in [5.74, 6) is 0.753. The number of nitrogens with one attached hydrogen (secondary N) is 1. The van der Waals surface area contributed by atoms with Crippen molar-refractivity contribution < 1.29 is 0 Å². The topological polar surface area (TPSA) is 107 Å². The van der Waals surface area contributed by atoms with Gasteiger partial charge in [0.1, 0.15) is 11.6 Å². The number of nitrogens with two attached hydrogens (primary N) is 1. The maximum atomic E-state index is 11.7. The molecule has 3 N–H and O–H groups in total. The first kappa shape index (κ1) is 18.4. The van der Waals surface area contributed by atoms with Crippen molar-refractivity contribution in [1.82, 2.24) is 29.3 Å². The van der Waals surface area contributed by atoms with Gasteiger partial charge in [-0.2, -0.15) is 5.10 Å². The van der Waals surface area contributed by atoms with Gasteiger partial charge in [0.25, 0.3) is 5.56 Å². The molecule has 4 aromatic rings. The molecule has 0 radical (unpaired) electrons.